The van der Waals surface area contributed by atoms with Crippen LogP contribution in [0.25, 0.3) is 0 Å². The van der Waals surface area contributed by atoms with Crippen molar-refractivity contribution in [2.24, 2.45) is 0 Å². The maximum atomic E-state index is 12.2. The van der Waals surface area contributed by atoms with Crippen molar-refractivity contribution in [3.8, 4) is 0 Å². The number of aryl methyl sites for hydroxylation is 1. The summed E-state index contributed by atoms with van der Waals surface area (Å²) < 4.78 is 0. The van der Waals surface area contributed by atoms with E-state index < -0.39 is 0 Å². The fraction of sp³-hybridized carbons (Fsp3) is 0.632. The highest BCUT2D eigenvalue weighted by molar-refractivity contribution is 5.94. The molecule has 1 aromatic rings. The van der Waals surface area contributed by atoms with Crippen LogP contribution >= 0.6 is 0 Å². The molecule has 118 valence electrons. The number of benzene rings is 1. The Kier molecular flexibility index (Phi) is 8.80. The Bertz CT molecular complexity index is 393. The van der Waals surface area contributed by atoms with Crippen LogP contribution in [0.5, 0.6) is 0 Å². The third-order valence-electron chi connectivity index (χ3n) is 4.07. The molecule has 2 heteroatoms. The number of carbonyl (C=O) groups is 1. The molecule has 0 spiro atoms. The third-order valence-corrected chi connectivity index (χ3v) is 4.07. The van der Waals surface area contributed by atoms with Crippen LogP contribution in [0.3, 0.4) is 0 Å². The summed E-state index contributed by atoms with van der Waals surface area (Å²) in [5.74, 6) is 0.145. The van der Waals surface area contributed by atoms with Gasteiger partial charge in [-0.1, -0.05) is 51.2 Å². The number of hydrogen-bond donors (Lipinski definition) is 0. The summed E-state index contributed by atoms with van der Waals surface area (Å²) in [6, 6.07) is 8.19. The molecule has 1 amide bonds. The lowest BCUT2D eigenvalue weighted by atomic mass is 10.0. The molecule has 0 heterocycles. The fourth-order valence-electron chi connectivity index (χ4n) is 2.62. The van der Waals surface area contributed by atoms with E-state index in [2.05, 4.69) is 19.1 Å². The monoisotopic (exact) mass is 289 g/mol. The van der Waals surface area contributed by atoms with E-state index in [1.54, 1.807) is 0 Å². The lowest BCUT2D eigenvalue weighted by molar-refractivity contribution is 0.0773. The Morgan fingerprint density at radius 3 is 2.00 bits per heavy atom. The van der Waals surface area contributed by atoms with Crippen LogP contribution in [0.1, 0.15) is 75.2 Å². The zero-order chi connectivity index (χ0) is 15.5. The van der Waals surface area contributed by atoms with Crippen LogP contribution in [0.2, 0.25) is 0 Å². The van der Waals surface area contributed by atoms with Crippen LogP contribution < -0.4 is 0 Å². The van der Waals surface area contributed by atoms with Gasteiger partial charge in [0.25, 0.3) is 5.91 Å². The van der Waals surface area contributed by atoms with Crippen molar-refractivity contribution >= 4 is 5.91 Å². The molecule has 0 bridgehead atoms. The number of carbonyl (C=O) groups excluding carboxylic acids is 1. The highest BCUT2D eigenvalue weighted by Gasteiger charge is 2.11. The molecule has 0 atom stereocenters. The van der Waals surface area contributed by atoms with E-state index in [0.717, 1.165) is 25.1 Å². The largest absolute Gasteiger partial charge is 0.339 e. The zero-order valence-electron chi connectivity index (χ0n) is 14.0. The quantitative estimate of drug-likeness (QED) is 0.551. The lowest BCUT2D eigenvalue weighted by Crippen LogP contribution is -2.30. The zero-order valence-corrected chi connectivity index (χ0v) is 14.0. The van der Waals surface area contributed by atoms with Gasteiger partial charge in [0.05, 0.1) is 0 Å². The van der Waals surface area contributed by atoms with E-state index in [1.165, 1.54) is 44.1 Å². The van der Waals surface area contributed by atoms with Crippen LogP contribution in [0, 0.1) is 0 Å². The van der Waals surface area contributed by atoms with Crippen molar-refractivity contribution < 1.29 is 4.79 Å². The van der Waals surface area contributed by atoms with Crippen LogP contribution in [-0.4, -0.2) is 23.9 Å². The average molecular weight is 289 g/mol. The number of rotatable bonds is 10. The van der Waals surface area contributed by atoms with Gasteiger partial charge in [-0.3, -0.25) is 4.79 Å². The van der Waals surface area contributed by atoms with Crippen molar-refractivity contribution in [1.29, 1.82) is 0 Å². The van der Waals surface area contributed by atoms with Gasteiger partial charge in [0.2, 0.25) is 0 Å². The summed E-state index contributed by atoms with van der Waals surface area (Å²) in [5, 5.41) is 0. The van der Waals surface area contributed by atoms with Gasteiger partial charge < -0.3 is 4.90 Å². The molecule has 0 aliphatic rings. The van der Waals surface area contributed by atoms with Crippen molar-refractivity contribution in [1.82, 2.24) is 4.90 Å². The van der Waals surface area contributed by atoms with Gasteiger partial charge >= 0.3 is 0 Å². The van der Waals surface area contributed by atoms with Gasteiger partial charge in [0.15, 0.2) is 0 Å². The van der Waals surface area contributed by atoms with Crippen molar-refractivity contribution in [3.05, 3.63) is 35.4 Å². The lowest BCUT2D eigenvalue weighted by Gasteiger charge is -2.18. The van der Waals surface area contributed by atoms with E-state index in [0.29, 0.717) is 0 Å². The van der Waals surface area contributed by atoms with Gasteiger partial charge in [-0.25, -0.2) is 0 Å². The second-order valence-electron chi connectivity index (χ2n) is 5.69. The first-order chi connectivity index (χ1) is 10.2. The molecule has 1 rings (SSSR count). The van der Waals surface area contributed by atoms with Gasteiger partial charge in [0, 0.05) is 18.7 Å². The molecule has 0 aromatic heterocycles. The van der Waals surface area contributed by atoms with E-state index in [1.807, 2.05) is 30.9 Å². The average Bonchev–Trinajstić information content (AvgIpc) is 2.52. The van der Waals surface area contributed by atoms with Crippen LogP contribution in [0.4, 0.5) is 0 Å². The van der Waals surface area contributed by atoms with E-state index in [-0.39, 0.29) is 5.91 Å². The molecule has 0 N–H and O–H groups in total. The predicted octanol–water partition coefficient (Wildman–Crippen LogP) is 5.07. The number of nitrogens with zero attached hydrogens (tertiary/aromatic N) is 1. The molecule has 0 saturated heterocycles. The first kappa shape index (κ1) is 17.7. The summed E-state index contributed by atoms with van der Waals surface area (Å²) >= 11 is 0. The molecule has 0 saturated carbocycles. The third kappa shape index (κ3) is 6.33. The number of amides is 1. The molecule has 0 aliphatic heterocycles. The summed E-state index contributed by atoms with van der Waals surface area (Å²) in [5.41, 5.74) is 2.16. The molecule has 21 heavy (non-hydrogen) atoms. The number of unbranched alkanes of at least 4 members (excludes halogenated alkanes) is 5. The van der Waals surface area contributed by atoms with Gasteiger partial charge in [-0.15, -0.1) is 0 Å². The molecule has 1 aromatic carbocycles. The van der Waals surface area contributed by atoms with E-state index in [9.17, 15) is 4.79 Å². The standard InChI is InChI=1S/C19H31NO/c1-4-7-8-9-10-11-12-17-13-15-18(16-14-17)19(21)20(5-2)6-3/h13-16H,4-12H2,1-3H3. The molecular weight excluding hydrogens is 258 g/mol. The summed E-state index contributed by atoms with van der Waals surface area (Å²) in [4.78, 5) is 14.1. The van der Waals surface area contributed by atoms with Gasteiger partial charge in [-0.2, -0.15) is 0 Å². The van der Waals surface area contributed by atoms with Gasteiger partial charge in [-0.05, 0) is 44.4 Å². The minimum atomic E-state index is 0.145. The van der Waals surface area contributed by atoms with Gasteiger partial charge in [0.1, 0.15) is 0 Å². The Labute approximate surface area is 130 Å². The topological polar surface area (TPSA) is 20.3 Å². The van der Waals surface area contributed by atoms with Crippen molar-refractivity contribution in [3.63, 3.8) is 0 Å². The Morgan fingerprint density at radius 2 is 1.43 bits per heavy atom. The van der Waals surface area contributed by atoms with Crippen molar-refractivity contribution in [2.75, 3.05) is 13.1 Å². The Hall–Kier alpha value is -1.31. The number of hydrogen-bond acceptors (Lipinski definition) is 1. The SMILES string of the molecule is CCCCCCCCc1ccc(C(=O)N(CC)CC)cc1. The minimum Gasteiger partial charge on any atom is -0.339 e. The van der Waals surface area contributed by atoms with E-state index >= 15 is 0 Å². The van der Waals surface area contributed by atoms with Crippen molar-refractivity contribution in [2.45, 2.75) is 65.7 Å². The molecule has 0 aliphatic carbocycles. The summed E-state index contributed by atoms with van der Waals surface area (Å²) in [6.07, 6.45) is 9.10. The predicted molar refractivity (Wildman–Crippen MR) is 90.8 cm³/mol. The Morgan fingerprint density at radius 1 is 0.857 bits per heavy atom. The van der Waals surface area contributed by atoms with Crippen LogP contribution in [-0.2, 0) is 6.42 Å². The molecule has 2 nitrogen and oxygen atoms in total. The first-order valence-electron chi connectivity index (χ1n) is 8.61. The molecular formula is C19H31NO. The smallest absolute Gasteiger partial charge is 0.253 e. The summed E-state index contributed by atoms with van der Waals surface area (Å²) in [6.45, 7) is 7.84. The molecule has 0 unspecified atom stereocenters. The highest BCUT2D eigenvalue weighted by atomic mass is 16.2. The second-order valence-corrected chi connectivity index (χ2v) is 5.69. The fourth-order valence-corrected chi connectivity index (χ4v) is 2.62. The maximum absolute atomic E-state index is 12.2. The van der Waals surface area contributed by atoms with Crippen LogP contribution in [0.15, 0.2) is 24.3 Å². The highest BCUT2D eigenvalue weighted by Crippen LogP contribution is 2.12. The molecule has 0 radical (unpaired) electrons. The normalized spacial score (nSPS) is 10.6. The summed E-state index contributed by atoms with van der Waals surface area (Å²) in [7, 11) is 0. The first-order valence-corrected chi connectivity index (χ1v) is 8.61. The minimum absolute atomic E-state index is 0.145. The second kappa shape index (κ2) is 10.4. The van der Waals surface area contributed by atoms with E-state index in [4.69, 9.17) is 0 Å². The molecule has 0 fully saturated rings. The Balaban J connectivity index is 2.38. The maximum Gasteiger partial charge on any atom is 0.253 e.